The molecule has 0 fully saturated rings. The number of rotatable bonds is 5. The smallest absolute Gasteiger partial charge is 0.293 e. The van der Waals surface area contributed by atoms with Crippen molar-refractivity contribution in [2.75, 3.05) is 11.9 Å². The van der Waals surface area contributed by atoms with Gasteiger partial charge in [-0.2, -0.15) is 0 Å². The highest BCUT2D eigenvalue weighted by molar-refractivity contribution is 5.94. The van der Waals surface area contributed by atoms with Crippen molar-refractivity contribution in [1.29, 1.82) is 0 Å². The molecule has 0 atom stereocenters. The lowest BCUT2D eigenvalue weighted by molar-refractivity contribution is -0.384. The molecule has 114 valence electrons. The first-order chi connectivity index (χ1) is 10.4. The van der Waals surface area contributed by atoms with Crippen molar-refractivity contribution in [3.05, 3.63) is 69.5 Å². The largest absolute Gasteiger partial charge is 0.366 e. The highest BCUT2D eigenvalue weighted by Crippen LogP contribution is 2.29. The number of carbonyl (C=O) groups is 1. The Morgan fingerprint density at radius 2 is 1.91 bits per heavy atom. The number of hydrogen-bond donors (Lipinski definition) is 1. The molecule has 0 aliphatic carbocycles. The van der Waals surface area contributed by atoms with Crippen LogP contribution in [0.25, 0.3) is 0 Å². The van der Waals surface area contributed by atoms with E-state index >= 15 is 0 Å². The molecular weight excluding hydrogens is 289 g/mol. The maximum Gasteiger partial charge on any atom is 0.293 e. The zero-order valence-electron chi connectivity index (χ0n) is 11.8. The molecule has 7 heteroatoms. The molecule has 0 aliphatic rings. The van der Waals surface area contributed by atoms with E-state index in [0.717, 1.165) is 11.6 Å². The highest BCUT2D eigenvalue weighted by atomic mass is 19.1. The van der Waals surface area contributed by atoms with Crippen LogP contribution in [0, 0.1) is 15.9 Å². The number of amides is 1. The number of nitrogens with two attached hydrogens (primary N) is 1. The van der Waals surface area contributed by atoms with E-state index in [1.807, 2.05) is 0 Å². The van der Waals surface area contributed by atoms with Crippen molar-refractivity contribution in [3.8, 4) is 0 Å². The van der Waals surface area contributed by atoms with Crippen LogP contribution in [0.5, 0.6) is 0 Å². The van der Waals surface area contributed by atoms with Crippen LogP contribution < -0.4 is 10.6 Å². The van der Waals surface area contributed by atoms with E-state index in [9.17, 15) is 19.3 Å². The van der Waals surface area contributed by atoms with Crippen LogP contribution in [0.1, 0.15) is 15.9 Å². The standard InChI is InChI=1S/C15H14FN3O3/c1-18(9-10-2-5-12(16)6-3-10)13-7-4-11(15(17)20)8-14(13)19(21)22/h2-8H,9H2,1H3,(H2,17,20). The van der Waals surface area contributed by atoms with E-state index in [0.29, 0.717) is 12.2 Å². The normalized spacial score (nSPS) is 10.3. The Balaban J connectivity index is 2.32. The van der Waals surface area contributed by atoms with Gasteiger partial charge in [0.15, 0.2) is 0 Å². The second-order valence-corrected chi connectivity index (χ2v) is 4.81. The fourth-order valence-electron chi connectivity index (χ4n) is 2.09. The van der Waals surface area contributed by atoms with Crippen LogP contribution in [0.3, 0.4) is 0 Å². The summed E-state index contributed by atoms with van der Waals surface area (Å²) in [7, 11) is 1.68. The molecule has 2 N–H and O–H groups in total. The number of hydrogen-bond acceptors (Lipinski definition) is 4. The number of carbonyl (C=O) groups excluding carboxylic acids is 1. The lowest BCUT2D eigenvalue weighted by Crippen LogP contribution is -2.18. The molecule has 22 heavy (non-hydrogen) atoms. The van der Waals surface area contributed by atoms with Crippen molar-refractivity contribution in [1.82, 2.24) is 0 Å². The van der Waals surface area contributed by atoms with Crippen molar-refractivity contribution in [2.45, 2.75) is 6.54 Å². The number of benzene rings is 2. The van der Waals surface area contributed by atoms with Gasteiger partial charge in [0.2, 0.25) is 5.91 Å². The molecule has 6 nitrogen and oxygen atoms in total. The zero-order valence-corrected chi connectivity index (χ0v) is 11.8. The number of primary amides is 1. The molecular formula is C15H14FN3O3. The van der Waals surface area contributed by atoms with E-state index < -0.39 is 10.8 Å². The summed E-state index contributed by atoms with van der Waals surface area (Å²) in [5.41, 5.74) is 6.15. The van der Waals surface area contributed by atoms with Gasteiger partial charge < -0.3 is 10.6 Å². The van der Waals surface area contributed by atoms with Crippen LogP contribution in [0.15, 0.2) is 42.5 Å². The quantitative estimate of drug-likeness (QED) is 0.678. The zero-order chi connectivity index (χ0) is 16.3. The van der Waals surface area contributed by atoms with Gasteiger partial charge in [0.25, 0.3) is 5.69 Å². The Labute approximate surface area is 126 Å². The van der Waals surface area contributed by atoms with Gasteiger partial charge in [0.05, 0.1) is 4.92 Å². The second-order valence-electron chi connectivity index (χ2n) is 4.81. The maximum absolute atomic E-state index is 12.9. The fraction of sp³-hybridized carbons (Fsp3) is 0.133. The molecule has 0 saturated heterocycles. The average Bonchev–Trinajstić information content (AvgIpc) is 2.48. The monoisotopic (exact) mass is 303 g/mol. The molecule has 0 aliphatic heterocycles. The van der Waals surface area contributed by atoms with E-state index in [4.69, 9.17) is 5.73 Å². The number of nitrogens with zero attached hydrogens (tertiary/aromatic N) is 2. The molecule has 0 spiro atoms. The number of nitro groups is 1. The molecule has 2 aromatic rings. The molecule has 0 radical (unpaired) electrons. The molecule has 2 rings (SSSR count). The van der Waals surface area contributed by atoms with E-state index in [1.54, 1.807) is 24.1 Å². The van der Waals surface area contributed by atoms with Crippen LogP contribution in [-0.2, 0) is 6.54 Å². The molecule has 0 saturated carbocycles. The van der Waals surface area contributed by atoms with Crippen LogP contribution >= 0.6 is 0 Å². The van der Waals surface area contributed by atoms with E-state index in [-0.39, 0.29) is 17.1 Å². The topological polar surface area (TPSA) is 89.5 Å². The Morgan fingerprint density at radius 1 is 1.27 bits per heavy atom. The van der Waals surface area contributed by atoms with Crippen molar-refractivity contribution >= 4 is 17.3 Å². The van der Waals surface area contributed by atoms with E-state index in [1.165, 1.54) is 24.3 Å². The SMILES string of the molecule is CN(Cc1ccc(F)cc1)c1ccc(C(N)=O)cc1[N+](=O)[O-]. The van der Waals surface area contributed by atoms with Gasteiger partial charge in [-0.15, -0.1) is 0 Å². The van der Waals surface area contributed by atoms with Gasteiger partial charge in [0.1, 0.15) is 11.5 Å². The van der Waals surface area contributed by atoms with Crippen LogP contribution in [0.4, 0.5) is 15.8 Å². The second kappa shape index (κ2) is 6.21. The van der Waals surface area contributed by atoms with Crippen LogP contribution in [0.2, 0.25) is 0 Å². The Hall–Kier alpha value is -2.96. The Kier molecular flexibility index (Phi) is 4.36. The molecule has 2 aromatic carbocycles. The van der Waals surface area contributed by atoms with Gasteiger partial charge >= 0.3 is 0 Å². The molecule has 0 unspecified atom stereocenters. The van der Waals surface area contributed by atoms with Gasteiger partial charge in [-0.25, -0.2) is 4.39 Å². The van der Waals surface area contributed by atoms with E-state index in [2.05, 4.69) is 0 Å². The fourth-order valence-corrected chi connectivity index (χ4v) is 2.09. The van der Waals surface area contributed by atoms with Crippen molar-refractivity contribution < 1.29 is 14.1 Å². The summed E-state index contributed by atoms with van der Waals surface area (Å²) in [6, 6.07) is 9.93. The van der Waals surface area contributed by atoms with Gasteiger partial charge in [-0.3, -0.25) is 14.9 Å². The Bertz CT molecular complexity index is 716. The maximum atomic E-state index is 12.9. The predicted octanol–water partition coefficient (Wildman–Crippen LogP) is 2.47. The summed E-state index contributed by atoms with van der Waals surface area (Å²) in [5.74, 6) is -1.07. The van der Waals surface area contributed by atoms with Crippen molar-refractivity contribution in [3.63, 3.8) is 0 Å². The minimum atomic E-state index is -0.726. The molecule has 0 heterocycles. The van der Waals surface area contributed by atoms with Gasteiger partial charge in [0, 0.05) is 25.2 Å². The third-order valence-corrected chi connectivity index (χ3v) is 3.20. The third kappa shape index (κ3) is 3.38. The first-order valence-electron chi connectivity index (χ1n) is 6.42. The summed E-state index contributed by atoms with van der Waals surface area (Å²) in [5, 5.41) is 11.2. The molecule has 0 bridgehead atoms. The highest BCUT2D eigenvalue weighted by Gasteiger charge is 2.19. The lowest BCUT2D eigenvalue weighted by atomic mass is 10.1. The summed E-state index contributed by atoms with van der Waals surface area (Å²) in [6.45, 7) is 0.358. The number of halogens is 1. The van der Waals surface area contributed by atoms with Crippen LogP contribution in [-0.4, -0.2) is 17.9 Å². The first-order valence-corrected chi connectivity index (χ1v) is 6.42. The lowest BCUT2D eigenvalue weighted by Gasteiger charge is -2.19. The minimum Gasteiger partial charge on any atom is -0.366 e. The number of anilines is 1. The predicted molar refractivity (Wildman–Crippen MR) is 80.1 cm³/mol. The molecule has 0 aromatic heterocycles. The third-order valence-electron chi connectivity index (χ3n) is 3.20. The van der Waals surface area contributed by atoms with Crippen molar-refractivity contribution in [2.24, 2.45) is 5.73 Å². The van der Waals surface area contributed by atoms with Gasteiger partial charge in [-0.1, -0.05) is 12.1 Å². The summed E-state index contributed by atoms with van der Waals surface area (Å²) in [6.07, 6.45) is 0. The molecule has 1 amide bonds. The number of nitro benzene ring substituents is 1. The first kappa shape index (κ1) is 15.4. The summed E-state index contributed by atoms with van der Waals surface area (Å²) < 4.78 is 12.9. The summed E-state index contributed by atoms with van der Waals surface area (Å²) >= 11 is 0. The summed E-state index contributed by atoms with van der Waals surface area (Å²) in [4.78, 5) is 23.4. The average molecular weight is 303 g/mol. The Morgan fingerprint density at radius 3 is 2.45 bits per heavy atom. The minimum absolute atomic E-state index is 0.0747. The van der Waals surface area contributed by atoms with Gasteiger partial charge in [-0.05, 0) is 29.8 Å².